The fraction of sp³-hybridized carbons (Fsp3) is 0.500. The maximum atomic E-state index is 11.3. The molecule has 0 radical (unpaired) electrons. The maximum absolute atomic E-state index is 11.3. The van der Waals surface area contributed by atoms with Crippen LogP contribution < -0.4 is 0 Å². The monoisotopic (exact) mass is 192 g/mol. The summed E-state index contributed by atoms with van der Waals surface area (Å²) in [6, 6.07) is 0. The van der Waals surface area contributed by atoms with Crippen LogP contribution in [0.3, 0.4) is 0 Å². The van der Waals surface area contributed by atoms with Crippen molar-refractivity contribution in [1.29, 1.82) is 0 Å². The summed E-state index contributed by atoms with van der Waals surface area (Å²) < 4.78 is 0. The molecular formula is C10H12N2O2. The van der Waals surface area contributed by atoms with Gasteiger partial charge in [-0.05, 0) is 12.8 Å². The van der Waals surface area contributed by atoms with E-state index < -0.39 is 11.4 Å². The van der Waals surface area contributed by atoms with E-state index in [0.717, 1.165) is 12.8 Å². The molecule has 1 N–H and O–H groups in total. The van der Waals surface area contributed by atoms with E-state index >= 15 is 0 Å². The Balaban J connectivity index is 2.42. The molecule has 1 aliphatic rings. The lowest BCUT2D eigenvalue weighted by Crippen LogP contribution is -2.33. The summed E-state index contributed by atoms with van der Waals surface area (Å²) in [6.45, 7) is 0. The molecule has 0 bridgehead atoms. The van der Waals surface area contributed by atoms with Gasteiger partial charge in [-0.15, -0.1) is 0 Å². The van der Waals surface area contributed by atoms with Gasteiger partial charge in [0.25, 0.3) is 0 Å². The molecule has 0 saturated heterocycles. The molecule has 0 aromatic carbocycles. The van der Waals surface area contributed by atoms with Gasteiger partial charge in [0, 0.05) is 18.6 Å². The van der Waals surface area contributed by atoms with Crippen LogP contribution in [-0.2, 0) is 10.2 Å². The third-order valence-corrected chi connectivity index (χ3v) is 2.92. The molecular weight excluding hydrogens is 180 g/mol. The first kappa shape index (κ1) is 9.12. The van der Waals surface area contributed by atoms with Crippen molar-refractivity contribution in [2.75, 3.05) is 0 Å². The number of aliphatic carboxylic acids is 1. The topological polar surface area (TPSA) is 63.1 Å². The minimum atomic E-state index is -0.770. The number of carbonyl (C=O) groups is 1. The Hall–Kier alpha value is -1.45. The van der Waals surface area contributed by atoms with Gasteiger partial charge >= 0.3 is 5.97 Å². The van der Waals surface area contributed by atoms with Gasteiger partial charge in [-0.25, -0.2) is 0 Å². The van der Waals surface area contributed by atoms with E-state index in [4.69, 9.17) is 0 Å². The number of hydrogen-bond acceptors (Lipinski definition) is 3. The highest BCUT2D eigenvalue weighted by molar-refractivity contribution is 5.80. The quantitative estimate of drug-likeness (QED) is 0.768. The summed E-state index contributed by atoms with van der Waals surface area (Å²) in [5.41, 5.74) is -0.168. The Morgan fingerprint density at radius 1 is 1.36 bits per heavy atom. The van der Waals surface area contributed by atoms with E-state index in [9.17, 15) is 9.90 Å². The van der Waals surface area contributed by atoms with Crippen LogP contribution >= 0.6 is 0 Å². The summed E-state index contributed by atoms with van der Waals surface area (Å²) >= 11 is 0. The normalized spacial score (nSPS) is 19.4. The number of carboxylic acids is 1. The number of rotatable bonds is 2. The largest absolute Gasteiger partial charge is 0.481 e. The van der Waals surface area contributed by atoms with E-state index in [1.807, 2.05) is 0 Å². The lowest BCUT2D eigenvalue weighted by Gasteiger charge is -2.22. The first-order valence-electron chi connectivity index (χ1n) is 4.76. The molecule has 1 heterocycles. The zero-order valence-corrected chi connectivity index (χ0v) is 7.81. The molecule has 74 valence electrons. The van der Waals surface area contributed by atoms with Crippen molar-refractivity contribution in [3.05, 3.63) is 24.3 Å². The molecule has 0 aliphatic heterocycles. The van der Waals surface area contributed by atoms with Crippen LogP contribution in [0.1, 0.15) is 31.4 Å². The van der Waals surface area contributed by atoms with Gasteiger partial charge in [-0.2, -0.15) is 0 Å². The molecule has 1 aromatic rings. The van der Waals surface area contributed by atoms with Crippen molar-refractivity contribution >= 4 is 5.97 Å². The molecule has 0 spiro atoms. The number of nitrogens with zero attached hydrogens (tertiary/aromatic N) is 2. The van der Waals surface area contributed by atoms with Crippen LogP contribution in [0.2, 0.25) is 0 Å². The van der Waals surface area contributed by atoms with E-state index in [-0.39, 0.29) is 0 Å². The second kappa shape index (κ2) is 3.36. The molecule has 4 heteroatoms. The predicted octanol–water partition coefficient (Wildman–Crippen LogP) is 1.37. The minimum absolute atomic E-state index is 0.602. The van der Waals surface area contributed by atoms with E-state index in [1.165, 1.54) is 0 Å². The third-order valence-electron chi connectivity index (χ3n) is 2.92. The zero-order chi connectivity index (χ0) is 10.0. The van der Waals surface area contributed by atoms with Crippen LogP contribution in [0, 0.1) is 0 Å². The van der Waals surface area contributed by atoms with Gasteiger partial charge < -0.3 is 5.11 Å². The van der Waals surface area contributed by atoms with Crippen molar-refractivity contribution in [2.24, 2.45) is 0 Å². The van der Waals surface area contributed by atoms with Crippen LogP contribution in [0.5, 0.6) is 0 Å². The van der Waals surface area contributed by atoms with Crippen molar-refractivity contribution in [3.8, 4) is 0 Å². The average molecular weight is 192 g/mol. The van der Waals surface area contributed by atoms with Gasteiger partial charge in [0.2, 0.25) is 0 Å². The van der Waals surface area contributed by atoms with E-state index in [1.54, 1.807) is 18.6 Å². The summed E-state index contributed by atoms with van der Waals surface area (Å²) in [5.74, 6) is -0.768. The number of carboxylic acid groups (broad SMARTS) is 1. The maximum Gasteiger partial charge on any atom is 0.315 e. The fourth-order valence-electron chi connectivity index (χ4n) is 2.10. The molecule has 4 nitrogen and oxygen atoms in total. The van der Waals surface area contributed by atoms with Gasteiger partial charge in [0.05, 0.1) is 5.69 Å². The highest BCUT2D eigenvalue weighted by Gasteiger charge is 2.44. The SMILES string of the molecule is O=C(O)C1(c2cnccn2)CCCC1. The highest BCUT2D eigenvalue weighted by Crippen LogP contribution is 2.39. The second-order valence-corrected chi connectivity index (χ2v) is 3.69. The average Bonchev–Trinajstić information content (AvgIpc) is 2.69. The molecule has 14 heavy (non-hydrogen) atoms. The van der Waals surface area contributed by atoms with Crippen molar-refractivity contribution in [1.82, 2.24) is 9.97 Å². The molecule has 0 atom stereocenters. The van der Waals surface area contributed by atoms with Gasteiger partial charge in [-0.1, -0.05) is 12.8 Å². The molecule has 1 aliphatic carbocycles. The highest BCUT2D eigenvalue weighted by atomic mass is 16.4. The molecule has 0 unspecified atom stereocenters. The number of hydrogen-bond donors (Lipinski definition) is 1. The standard InChI is InChI=1S/C10H12N2O2/c13-9(14)10(3-1-2-4-10)8-7-11-5-6-12-8/h5-7H,1-4H2,(H,13,14). The molecule has 2 rings (SSSR count). The fourth-order valence-corrected chi connectivity index (χ4v) is 2.10. The third kappa shape index (κ3) is 1.27. The van der Waals surface area contributed by atoms with Crippen LogP contribution in [0.25, 0.3) is 0 Å². The molecule has 1 aromatic heterocycles. The lowest BCUT2D eigenvalue weighted by atomic mass is 9.83. The second-order valence-electron chi connectivity index (χ2n) is 3.69. The van der Waals surface area contributed by atoms with Gasteiger partial charge in [0.1, 0.15) is 5.41 Å². The number of aromatic nitrogens is 2. The van der Waals surface area contributed by atoms with Gasteiger partial charge in [0.15, 0.2) is 0 Å². The van der Waals surface area contributed by atoms with Crippen molar-refractivity contribution < 1.29 is 9.90 Å². The predicted molar refractivity (Wildman–Crippen MR) is 49.8 cm³/mol. The first-order chi connectivity index (χ1) is 6.76. The first-order valence-corrected chi connectivity index (χ1v) is 4.76. The Labute approximate surface area is 82.0 Å². The summed E-state index contributed by atoms with van der Waals surface area (Å²) in [7, 11) is 0. The Morgan fingerprint density at radius 3 is 2.57 bits per heavy atom. The van der Waals surface area contributed by atoms with Crippen molar-refractivity contribution in [2.45, 2.75) is 31.1 Å². The minimum Gasteiger partial charge on any atom is -0.481 e. The molecule has 0 amide bonds. The Kier molecular flexibility index (Phi) is 2.19. The van der Waals surface area contributed by atoms with Crippen molar-refractivity contribution in [3.63, 3.8) is 0 Å². The summed E-state index contributed by atoms with van der Waals surface area (Å²) in [4.78, 5) is 19.3. The molecule has 1 fully saturated rings. The van der Waals surface area contributed by atoms with E-state index in [0.29, 0.717) is 18.5 Å². The lowest BCUT2D eigenvalue weighted by molar-refractivity contribution is -0.143. The Bertz CT molecular complexity index is 331. The summed E-state index contributed by atoms with van der Waals surface area (Å²) in [5, 5.41) is 9.25. The van der Waals surface area contributed by atoms with Crippen LogP contribution in [0.4, 0.5) is 0 Å². The smallest absolute Gasteiger partial charge is 0.315 e. The zero-order valence-electron chi connectivity index (χ0n) is 7.81. The Morgan fingerprint density at radius 2 is 2.07 bits per heavy atom. The summed E-state index contributed by atoms with van der Waals surface area (Å²) in [6.07, 6.45) is 7.97. The van der Waals surface area contributed by atoms with E-state index in [2.05, 4.69) is 9.97 Å². The van der Waals surface area contributed by atoms with Crippen LogP contribution in [0.15, 0.2) is 18.6 Å². The van der Waals surface area contributed by atoms with Gasteiger partial charge in [-0.3, -0.25) is 14.8 Å². The molecule has 1 saturated carbocycles. The van der Waals surface area contributed by atoms with Crippen LogP contribution in [-0.4, -0.2) is 21.0 Å².